The van der Waals surface area contributed by atoms with Crippen molar-refractivity contribution in [2.75, 3.05) is 32.1 Å². The zero-order chi connectivity index (χ0) is 20.8. The molecular weight excluding hydrogens is 392 g/mol. The molecule has 0 atom stereocenters. The Bertz CT molecular complexity index is 1070. The number of halogens is 1. The number of ether oxygens (including phenoxy) is 1. The number of methoxy groups -OCH3 is 1. The van der Waals surface area contributed by atoms with E-state index < -0.39 is 0 Å². The van der Waals surface area contributed by atoms with Crippen LogP contribution < -0.4 is 10.9 Å². The van der Waals surface area contributed by atoms with Crippen LogP contribution in [0.25, 0.3) is 10.9 Å². The zero-order valence-electron chi connectivity index (χ0n) is 16.4. The summed E-state index contributed by atoms with van der Waals surface area (Å²) in [5.41, 5.74) is 1.91. The smallest absolute Gasteiger partial charge is 0.258 e. The average Bonchev–Trinajstić information content (AvgIpc) is 2.69. The number of H-pyrrole nitrogens is 1. The lowest BCUT2D eigenvalue weighted by molar-refractivity contribution is -0.117. The van der Waals surface area contributed by atoms with Gasteiger partial charge in [0.05, 0.1) is 30.6 Å². The number of para-hydroxylation sites is 1. The molecule has 0 saturated heterocycles. The molecule has 29 heavy (non-hydrogen) atoms. The van der Waals surface area contributed by atoms with E-state index in [-0.39, 0.29) is 18.0 Å². The molecule has 8 heteroatoms. The Kier molecular flexibility index (Phi) is 6.98. The molecule has 0 aliphatic rings. The van der Waals surface area contributed by atoms with Crippen molar-refractivity contribution in [2.45, 2.75) is 13.5 Å². The molecule has 0 aliphatic heterocycles. The molecule has 0 radical (unpaired) electrons. The molecule has 1 aromatic heterocycles. The topological polar surface area (TPSA) is 87.3 Å². The molecule has 0 bridgehead atoms. The maximum absolute atomic E-state index is 12.6. The number of anilines is 1. The number of aromatic nitrogens is 2. The maximum Gasteiger partial charge on any atom is 0.258 e. The second-order valence-electron chi connectivity index (χ2n) is 6.69. The number of aromatic amines is 1. The van der Waals surface area contributed by atoms with E-state index in [0.717, 1.165) is 5.56 Å². The standard InChI is InChI=1S/C21H23ClN4O3/c1-14-16(22)7-5-9-17(14)24-20(27)13-26(10-11-29-2)12-19-23-18-8-4-3-6-15(18)21(28)25-19/h3-9H,10-13H2,1-2H3,(H,24,27)(H,23,25,28). The van der Waals surface area contributed by atoms with Gasteiger partial charge in [-0.2, -0.15) is 0 Å². The molecular formula is C21H23ClN4O3. The number of nitrogens with one attached hydrogen (secondary N) is 2. The number of rotatable bonds is 8. The summed E-state index contributed by atoms with van der Waals surface area (Å²) >= 11 is 6.12. The second kappa shape index (κ2) is 9.65. The van der Waals surface area contributed by atoms with E-state index in [0.29, 0.717) is 47.1 Å². The maximum atomic E-state index is 12.6. The monoisotopic (exact) mass is 414 g/mol. The molecule has 0 spiro atoms. The Morgan fingerprint density at radius 2 is 2.03 bits per heavy atom. The fourth-order valence-corrected chi connectivity index (χ4v) is 3.17. The lowest BCUT2D eigenvalue weighted by Gasteiger charge is -2.21. The van der Waals surface area contributed by atoms with Gasteiger partial charge in [0.15, 0.2) is 0 Å². The van der Waals surface area contributed by atoms with E-state index in [1.54, 1.807) is 43.5 Å². The van der Waals surface area contributed by atoms with Crippen LogP contribution in [-0.2, 0) is 16.1 Å². The van der Waals surface area contributed by atoms with Crippen molar-refractivity contribution < 1.29 is 9.53 Å². The van der Waals surface area contributed by atoms with Gasteiger partial charge in [0, 0.05) is 24.4 Å². The molecule has 1 amide bonds. The van der Waals surface area contributed by atoms with E-state index in [4.69, 9.17) is 16.3 Å². The van der Waals surface area contributed by atoms with Gasteiger partial charge in [-0.25, -0.2) is 4.98 Å². The Hall–Kier alpha value is -2.74. The van der Waals surface area contributed by atoms with Crippen LogP contribution in [0.5, 0.6) is 0 Å². The molecule has 152 valence electrons. The molecule has 2 aromatic carbocycles. The minimum Gasteiger partial charge on any atom is -0.383 e. The molecule has 1 heterocycles. The number of fused-ring (bicyclic) bond motifs is 1. The van der Waals surface area contributed by atoms with Gasteiger partial charge in [0.25, 0.3) is 5.56 Å². The lowest BCUT2D eigenvalue weighted by Crippen LogP contribution is -2.36. The number of hydrogen-bond acceptors (Lipinski definition) is 5. The Morgan fingerprint density at radius 3 is 2.83 bits per heavy atom. The number of hydrogen-bond donors (Lipinski definition) is 2. The highest BCUT2D eigenvalue weighted by Gasteiger charge is 2.15. The molecule has 7 nitrogen and oxygen atoms in total. The summed E-state index contributed by atoms with van der Waals surface area (Å²) in [6.45, 7) is 3.23. The van der Waals surface area contributed by atoms with Crippen molar-refractivity contribution >= 4 is 34.1 Å². The van der Waals surface area contributed by atoms with Gasteiger partial charge in [0.2, 0.25) is 5.91 Å². The molecule has 0 unspecified atom stereocenters. The van der Waals surface area contributed by atoms with Gasteiger partial charge >= 0.3 is 0 Å². The van der Waals surface area contributed by atoms with Crippen molar-refractivity contribution in [1.82, 2.24) is 14.9 Å². The van der Waals surface area contributed by atoms with E-state index in [1.807, 2.05) is 17.9 Å². The van der Waals surface area contributed by atoms with E-state index in [2.05, 4.69) is 15.3 Å². The summed E-state index contributed by atoms with van der Waals surface area (Å²) in [5, 5.41) is 4.02. The summed E-state index contributed by atoms with van der Waals surface area (Å²) in [5.74, 6) is 0.311. The van der Waals surface area contributed by atoms with Crippen LogP contribution in [0.1, 0.15) is 11.4 Å². The quantitative estimate of drug-likeness (QED) is 0.591. The number of nitrogens with zero attached hydrogens (tertiary/aromatic N) is 2. The van der Waals surface area contributed by atoms with Crippen LogP contribution >= 0.6 is 11.6 Å². The van der Waals surface area contributed by atoms with Crippen LogP contribution in [0.2, 0.25) is 5.02 Å². The van der Waals surface area contributed by atoms with Crippen LogP contribution in [-0.4, -0.2) is 47.6 Å². The Labute approximate surface area is 173 Å². The fourth-order valence-electron chi connectivity index (χ4n) is 2.99. The first-order valence-corrected chi connectivity index (χ1v) is 9.60. The Balaban J connectivity index is 1.75. The molecule has 0 aliphatic carbocycles. The molecule has 2 N–H and O–H groups in total. The number of amides is 1. The van der Waals surface area contributed by atoms with Crippen LogP contribution in [0.3, 0.4) is 0 Å². The van der Waals surface area contributed by atoms with Gasteiger partial charge in [0.1, 0.15) is 5.82 Å². The third-order valence-corrected chi connectivity index (χ3v) is 4.97. The number of carbonyl (C=O) groups excluding carboxylic acids is 1. The second-order valence-corrected chi connectivity index (χ2v) is 7.10. The van der Waals surface area contributed by atoms with Gasteiger partial charge in [-0.05, 0) is 36.8 Å². The number of carbonyl (C=O) groups is 1. The van der Waals surface area contributed by atoms with Crippen LogP contribution in [0, 0.1) is 6.92 Å². The van der Waals surface area contributed by atoms with E-state index in [1.165, 1.54) is 0 Å². The predicted molar refractivity (Wildman–Crippen MR) is 114 cm³/mol. The van der Waals surface area contributed by atoms with Crippen molar-refractivity contribution in [1.29, 1.82) is 0 Å². The SMILES string of the molecule is COCCN(CC(=O)Nc1cccc(Cl)c1C)Cc1nc2ccccc2c(=O)[nH]1. The van der Waals surface area contributed by atoms with Crippen molar-refractivity contribution in [3.05, 3.63) is 69.2 Å². The third-order valence-electron chi connectivity index (χ3n) is 4.56. The average molecular weight is 415 g/mol. The minimum absolute atomic E-state index is 0.117. The van der Waals surface area contributed by atoms with Gasteiger partial charge in [-0.15, -0.1) is 0 Å². The van der Waals surface area contributed by atoms with E-state index in [9.17, 15) is 9.59 Å². The van der Waals surface area contributed by atoms with Gasteiger partial charge in [-0.1, -0.05) is 29.8 Å². The fraction of sp³-hybridized carbons (Fsp3) is 0.286. The third kappa shape index (κ3) is 5.41. The molecule has 0 saturated carbocycles. The lowest BCUT2D eigenvalue weighted by atomic mass is 10.2. The molecule has 3 rings (SSSR count). The highest BCUT2D eigenvalue weighted by atomic mass is 35.5. The van der Waals surface area contributed by atoms with Crippen molar-refractivity contribution in [3.63, 3.8) is 0 Å². The first kappa shape index (κ1) is 21.0. The normalized spacial score (nSPS) is 11.2. The first-order valence-electron chi connectivity index (χ1n) is 9.22. The summed E-state index contributed by atoms with van der Waals surface area (Å²) < 4.78 is 5.16. The number of benzene rings is 2. The largest absolute Gasteiger partial charge is 0.383 e. The highest BCUT2D eigenvalue weighted by molar-refractivity contribution is 6.31. The first-order chi connectivity index (χ1) is 14.0. The summed E-state index contributed by atoms with van der Waals surface area (Å²) in [6, 6.07) is 12.5. The van der Waals surface area contributed by atoms with Gasteiger partial charge < -0.3 is 15.0 Å². The van der Waals surface area contributed by atoms with Gasteiger partial charge in [-0.3, -0.25) is 14.5 Å². The predicted octanol–water partition coefficient (Wildman–Crippen LogP) is 2.97. The van der Waals surface area contributed by atoms with Crippen LogP contribution in [0.15, 0.2) is 47.3 Å². The Morgan fingerprint density at radius 1 is 1.24 bits per heavy atom. The summed E-state index contributed by atoms with van der Waals surface area (Å²) in [4.78, 5) is 34.1. The van der Waals surface area contributed by atoms with Crippen molar-refractivity contribution in [2.24, 2.45) is 0 Å². The summed E-state index contributed by atoms with van der Waals surface area (Å²) in [6.07, 6.45) is 0. The molecule has 0 fully saturated rings. The van der Waals surface area contributed by atoms with Crippen LogP contribution in [0.4, 0.5) is 5.69 Å². The highest BCUT2D eigenvalue weighted by Crippen LogP contribution is 2.22. The minimum atomic E-state index is -0.198. The summed E-state index contributed by atoms with van der Waals surface area (Å²) in [7, 11) is 1.60. The van der Waals surface area contributed by atoms with E-state index >= 15 is 0 Å². The zero-order valence-corrected chi connectivity index (χ0v) is 17.1. The molecule has 3 aromatic rings. The van der Waals surface area contributed by atoms with Crippen molar-refractivity contribution in [3.8, 4) is 0 Å².